The summed E-state index contributed by atoms with van der Waals surface area (Å²) in [7, 11) is 2.07. The maximum absolute atomic E-state index is 4.48. The van der Waals surface area contributed by atoms with Gasteiger partial charge in [-0.2, -0.15) is 0 Å². The summed E-state index contributed by atoms with van der Waals surface area (Å²) in [4.78, 5) is 7.00. The fourth-order valence-corrected chi connectivity index (χ4v) is 2.53. The molecule has 4 heteroatoms. The minimum absolute atomic E-state index is 0.601. The van der Waals surface area contributed by atoms with Crippen LogP contribution in [0, 0.1) is 0 Å². The van der Waals surface area contributed by atoms with Gasteiger partial charge in [0.05, 0.1) is 6.20 Å². The Morgan fingerprint density at radius 1 is 1.53 bits per heavy atom. The molecule has 15 heavy (non-hydrogen) atoms. The lowest BCUT2D eigenvalue weighted by atomic mass is 10.1. The molecule has 1 aromatic heterocycles. The minimum atomic E-state index is 0.601. The third-order valence-corrected chi connectivity index (χ3v) is 4.02. The van der Waals surface area contributed by atoms with E-state index in [4.69, 9.17) is 0 Å². The molecule has 3 nitrogen and oxygen atoms in total. The normalized spacial score (nSPS) is 22.9. The Balaban J connectivity index is 2.11. The van der Waals surface area contributed by atoms with Crippen LogP contribution in [0.1, 0.15) is 32.0 Å². The van der Waals surface area contributed by atoms with Gasteiger partial charge in [-0.15, -0.1) is 0 Å². The molecule has 2 rings (SSSR count). The van der Waals surface area contributed by atoms with E-state index in [-0.39, 0.29) is 0 Å². The van der Waals surface area contributed by atoms with Gasteiger partial charge in [0.1, 0.15) is 10.4 Å². The van der Waals surface area contributed by atoms with Crippen LogP contribution in [0.15, 0.2) is 10.8 Å². The molecule has 0 amide bonds. The zero-order chi connectivity index (χ0) is 11.0. The number of halogens is 1. The number of nitrogens with zero attached hydrogens (tertiary/aromatic N) is 3. The van der Waals surface area contributed by atoms with Crippen LogP contribution in [0.2, 0.25) is 0 Å². The largest absolute Gasteiger partial charge is 0.326 e. The molecule has 1 aliphatic rings. The van der Waals surface area contributed by atoms with Crippen LogP contribution in [0.25, 0.3) is 0 Å². The van der Waals surface area contributed by atoms with Crippen LogP contribution in [0.4, 0.5) is 0 Å². The summed E-state index contributed by atoms with van der Waals surface area (Å²) >= 11 is 3.49. The molecule has 0 bridgehead atoms. The molecule has 1 unspecified atom stereocenters. The van der Waals surface area contributed by atoms with E-state index in [2.05, 4.69) is 51.3 Å². The van der Waals surface area contributed by atoms with E-state index in [0.29, 0.717) is 12.0 Å². The summed E-state index contributed by atoms with van der Waals surface area (Å²) in [6, 6.07) is 0.652. The Bertz CT molecular complexity index is 346. The molecular weight excluding hydrogens is 254 g/mol. The summed E-state index contributed by atoms with van der Waals surface area (Å²) in [6.45, 7) is 6.87. The quantitative estimate of drug-likeness (QED) is 0.824. The van der Waals surface area contributed by atoms with Crippen LogP contribution < -0.4 is 0 Å². The minimum Gasteiger partial charge on any atom is -0.326 e. The predicted molar refractivity (Wildman–Crippen MR) is 65.0 cm³/mol. The predicted octanol–water partition coefficient (Wildman–Crippen LogP) is 2.38. The fourth-order valence-electron chi connectivity index (χ4n) is 2.25. The highest BCUT2D eigenvalue weighted by Gasteiger charge is 2.28. The standard InChI is InChI=1S/C11H18BrN3/c1-8(2)15-5-4-9(7-15)11-13-6-10(12)14(11)3/h6,8-9H,4-5,7H2,1-3H3. The number of rotatable bonds is 2. The molecule has 0 saturated carbocycles. The van der Waals surface area contributed by atoms with E-state index >= 15 is 0 Å². The molecule has 84 valence electrons. The van der Waals surface area contributed by atoms with Crippen molar-refractivity contribution in [1.29, 1.82) is 0 Å². The molecular formula is C11H18BrN3. The summed E-state index contributed by atoms with van der Waals surface area (Å²) in [6.07, 6.45) is 3.13. The number of aromatic nitrogens is 2. The van der Waals surface area contributed by atoms with Gasteiger partial charge in [0, 0.05) is 25.6 Å². The monoisotopic (exact) mass is 271 g/mol. The van der Waals surface area contributed by atoms with Gasteiger partial charge in [0.15, 0.2) is 0 Å². The Morgan fingerprint density at radius 2 is 2.27 bits per heavy atom. The summed E-state index contributed by atoms with van der Waals surface area (Å²) in [5.41, 5.74) is 0. The first-order valence-electron chi connectivity index (χ1n) is 5.50. The van der Waals surface area contributed by atoms with Crippen LogP contribution in [0.5, 0.6) is 0 Å². The first kappa shape index (κ1) is 11.1. The number of hydrogen-bond acceptors (Lipinski definition) is 2. The smallest absolute Gasteiger partial charge is 0.113 e. The topological polar surface area (TPSA) is 21.1 Å². The Morgan fingerprint density at radius 3 is 2.73 bits per heavy atom. The molecule has 1 aromatic rings. The molecule has 1 aliphatic heterocycles. The molecule has 0 radical (unpaired) electrons. The molecule has 2 heterocycles. The molecule has 0 aliphatic carbocycles. The van der Waals surface area contributed by atoms with Crippen molar-refractivity contribution in [2.24, 2.45) is 7.05 Å². The van der Waals surface area contributed by atoms with Crippen LogP contribution in [0.3, 0.4) is 0 Å². The lowest BCUT2D eigenvalue weighted by Gasteiger charge is -2.20. The number of hydrogen-bond donors (Lipinski definition) is 0. The lowest BCUT2D eigenvalue weighted by molar-refractivity contribution is 0.271. The van der Waals surface area contributed by atoms with Crippen molar-refractivity contribution in [2.75, 3.05) is 13.1 Å². The van der Waals surface area contributed by atoms with E-state index in [9.17, 15) is 0 Å². The summed E-state index contributed by atoms with van der Waals surface area (Å²) < 4.78 is 3.22. The SMILES string of the molecule is CC(C)N1CCC(c2ncc(Br)n2C)C1. The maximum atomic E-state index is 4.48. The molecule has 1 fully saturated rings. The van der Waals surface area contributed by atoms with Gasteiger partial charge in [0.25, 0.3) is 0 Å². The molecule has 0 N–H and O–H groups in total. The highest BCUT2D eigenvalue weighted by atomic mass is 79.9. The second-order valence-corrected chi connectivity index (χ2v) is 5.38. The third-order valence-electron chi connectivity index (χ3n) is 3.28. The highest BCUT2D eigenvalue weighted by Crippen LogP contribution is 2.28. The van der Waals surface area contributed by atoms with Crippen molar-refractivity contribution < 1.29 is 0 Å². The van der Waals surface area contributed by atoms with Crippen LogP contribution >= 0.6 is 15.9 Å². The van der Waals surface area contributed by atoms with E-state index in [0.717, 1.165) is 11.1 Å². The zero-order valence-corrected chi connectivity index (χ0v) is 11.2. The van der Waals surface area contributed by atoms with E-state index < -0.39 is 0 Å². The van der Waals surface area contributed by atoms with Gasteiger partial charge in [-0.1, -0.05) is 0 Å². The zero-order valence-electron chi connectivity index (χ0n) is 9.57. The van der Waals surface area contributed by atoms with Crippen molar-refractivity contribution in [3.05, 3.63) is 16.6 Å². The highest BCUT2D eigenvalue weighted by molar-refractivity contribution is 9.10. The van der Waals surface area contributed by atoms with Crippen LogP contribution in [-0.2, 0) is 7.05 Å². The van der Waals surface area contributed by atoms with E-state index in [1.54, 1.807) is 0 Å². The van der Waals surface area contributed by atoms with E-state index in [1.165, 1.54) is 18.8 Å². The average Bonchev–Trinajstić information content (AvgIpc) is 2.76. The van der Waals surface area contributed by atoms with Crippen molar-refractivity contribution in [2.45, 2.75) is 32.2 Å². The lowest BCUT2D eigenvalue weighted by Crippen LogP contribution is -2.28. The Kier molecular flexibility index (Phi) is 3.16. The Labute approximate surface area is 99.6 Å². The van der Waals surface area contributed by atoms with Crippen molar-refractivity contribution in [1.82, 2.24) is 14.5 Å². The fraction of sp³-hybridized carbons (Fsp3) is 0.727. The van der Waals surface area contributed by atoms with Gasteiger partial charge in [0.2, 0.25) is 0 Å². The number of likely N-dealkylation sites (tertiary alicyclic amines) is 1. The first-order chi connectivity index (χ1) is 7.09. The Hall–Kier alpha value is -0.350. The molecule has 0 aromatic carbocycles. The number of imidazole rings is 1. The van der Waals surface area contributed by atoms with Crippen molar-refractivity contribution in [3.63, 3.8) is 0 Å². The van der Waals surface area contributed by atoms with E-state index in [1.807, 2.05) is 6.20 Å². The third kappa shape index (κ3) is 2.11. The van der Waals surface area contributed by atoms with Gasteiger partial charge in [-0.25, -0.2) is 4.98 Å². The maximum Gasteiger partial charge on any atom is 0.113 e. The van der Waals surface area contributed by atoms with Crippen molar-refractivity contribution >= 4 is 15.9 Å². The van der Waals surface area contributed by atoms with Gasteiger partial charge < -0.3 is 9.47 Å². The van der Waals surface area contributed by atoms with Gasteiger partial charge in [-0.05, 0) is 42.7 Å². The van der Waals surface area contributed by atoms with Crippen LogP contribution in [-0.4, -0.2) is 33.6 Å². The van der Waals surface area contributed by atoms with Gasteiger partial charge >= 0.3 is 0 Å². The second kappa shape index (κ2) is 4.26. The van der Waals surface area contributed by atoms with Crippen molar-refractivity contribution in [3.8, 4) is 0 Å². The molecule has 0 spiro atoms. The summed E-state index contributed by atoms with van der Waals surface area (Å²) in [5.74, 6) is 1.81. The van der Waals surface area contributed by atoms with Gasteiger partial charge in [-0.3, -0.25) is 0 Å². The average molecular weight is 272 g/mol. The second-order valence-electron chi connectivity index (χ2n) is 4.57. The summed E-state index contributed by atoms with van der Waals surface area (Å²) in [5, 5.41) is 0. The first-order valence-corrected chi connectivity index (χ1v) is 6.30. The molecule has 1 atom stereocenters. The molecule has 1 saturated heterocycles.